The van der Waals surface area contributed by atoms with E-state index >= 15 is 0 Å². The fourth-order valence-corrected chi connectivity index (χ4v) is 2.32. The van der Waals surface area contributed by atoms with Gasteiger partial charge >= 0.3 is 0 Å². The van der Waals surface area contributed by atoms with Gasteiger partial charge in [-0.15, -0.1) is 0 Å². The van der Waals surface area contributed by atoms with Gasteiger partial charge in [-0.25, -0.2) is 0 Å². The molecule has 0 spiro atoms. The summed E-state index contributed by atoms with van der Waals surface area (Å²) in [6.45, 7) is 4.54. The Morgan fingerprint density at radius 3 is 2.56 bits per heavy atom. The molecule has 100 valence electrons. The largest absolute Gasteiger partial charge is 0.493 e. The van der Waals surface area contributed by atoms with E-state index in [1.807, 2.05) is 19.9 Å². The number of nitrogens with two attached hydrogens (primary N) is 1. The molecule has 1 aromatic carbocycles. The van der Waals surface area contributed by atoms with Crippen molar-refractivity contribution in [3.8, 4) is 11.5 Å². The SMILES string of the molecule is COc1ccc(Cl)c(C(C)(C)N)c1OCC1CC1. The first-order valence-electron chi connectivity index (χ1n) is 6.22. The molecule has 0 atom stereocenters. The number of rotatable bonds is 5. The summed E-state index contributed by atoms with van der Waals surface area (Å²) in [5.74, 6) is 2.04. The fraction of sp³-hybridized carbons (Fsp3) is 0.571. The first kappa shape index (κ1) is 13.5. The Hall–Kier alpha value is -0.930. The second kappa shape index (κ2) is 4.98. The molecule has 18 heavy (non-hydrogen) atoms. The number of ether oxygens (including phenoxy) is 2. The zero-order valence-corrected chi connectivity index (χ0v) is 11.9. The molecule has 0 saturated heterocycles. The molecule has 2 N–H and O–H groups in total. The van der Waals surface area contributed by atoms with Crippen molar-refractivity contribution in [1.29, 1.82) is 0 Å². The topological polar surface area (TPSA) is 44.5 Å². The van der Waals surface area contributed by atoms with Crippen LogP contribution in [0.4, 0.5) is 0 Å². The Morgan fingerprint density at radius 2 is 2.06 bits per heavy atom. The lowest BCUT2D eigenvalue weighted by molar-refractivity contribution is 0.272. The minimum Gasteiger partial charge on any atom is -0.493 e. The fourth-order valence-electron chi connectivity index (χ4n) is 1.93. The highest BCUT2D eigenvalue weighted by Crippen LogP contribution is 2.42. The molecule has 1 saturated carbocycles. The molecule has 1 aliphatic rings. The molecule has 0 unspecified atom stereocenters. The van der Waals surface area contributed by atoms with E-state index in [0.717, 1.165) is 5.56 Å². The monoisotopic (exact) mass is 269 g/mol. The van der Waals surface area contributed by atoms with Crippen LogP contribution in [0, 0.1) is 5.92 Å². The Balaban J connectivity index is 2.39. The number of halogens is 1. The molecule has 4 heteroatoms. The van der Waals surface area contributed by atoms with Crippen molar-refractivity contribution in [2.24, 2.45) is 11.7 Å². The quantitative estimate of drug-likeness (QED) is 0.892. The zero-order valence-electron chi connectivity index (χ0n) is 11.1. The third-order valence-electron chi connectivity index (χ3n) is 3.10. The van der Waals surface area contributed by atoms with E-state index in [0.29, 0.717) is 29.0 Å². The minimum absolute atomic E-state index is 0.565. The summed E-state index contributed by atoms with van der Waals surface area (Å²) in [6, 6.07) is 3.62. The first-order chi connectivity index (χ1) is 8.43. The van der Waals surface area contributed by atoms with Gasteiger partial charge in [0.1, 0.15) is 0 Å². The molecule has 1 aromatic rings. The van der Waals surface area contributed by atoms with Crippen LogP contribution in [0.25, 0.3) is 0 Å². The van der Waals surface area contributed by atoms with Crippen molar-refractivity contribution >= 4 is 11.6 Å². The molecule has 0 amide bonds. The van der Waals surface area contributed by atoms with E-state index in [1.165, 1.54) is 12.8 Å². The van der Waals surface area contributed by atoms with Crippen molar-refractivity contribution in [3.05, 3.63) is 22.7 Å². The van der Waals surface area contributed by atoms with Crippen LogP contribution in [0.5, 0.6) is 11.5 Å². The van der Waals surface area contributed by atoms with Crippen LogP contribution in [0.3, 0.4) is 0 Å². The minimum atomic E-state index is -0.565. The summed E-state index contributed by atoms with van der Waals surface area (Å²) in [4.78, 5) is 0. The van der Waals surface area contributed by atoms with Crippen molar-refractivity contribution < 1.29 is 9.47 Å². The highest BCUT2D eigenvalue weighted by atomic mass is 35.5. The van der Waals surface area contributed by atoms with Crippen molar-refractivity contribution in [2.45, 2.75) is 32.2 Å². The summed E-state index contributed by atoms with van der Waals surface area (Å²) in [5, 5.41) is 0.620. The van der Waals surface area contributed by atoms with Crippen LogP contribution in [0.2, 0.25) is 5.02 Å². The van der Waals surface area contributed by atoms with Gasteiger partial charge in [-0.3, -0.25) is 0 Å². The highest BCUT2D eigenvalue weighted by molar-refractivity contribution is 6.31. The number of hydrogen-bond donors (Lipinski definition) is 1. The van der Waals surface area contributed by atoms with E-state index in [1.54, 1.807) is 13.2 Å². The maximum Gasteiger partial charge on any atom is 0.167 e. The zero-order chi connectivity index (χ0) is 13.3. The number of benzene rings is 1. The van der Waals surface area contributed by atoms with Crippen molar-refractivity contribution in [2.75, 3.05) is 13.7 Å². The van der Waals surface area contributed by atoms with Crippen molar-refractivity contribution in [3.63, 3.8) is 0 Å². The van der Waals surface area contributed by atoms with Gasteiger partial charge in [-0.05, 0) is 44.7 Å². The lowest BCUT2D eigenvalue weighted by Crippen LogP contribution is -2.30. The predicted molar refractivity (Wildman–Crippen MR) is 73.4 cm³/mol. The van der Waals surface area contributed by atoms with Crippen LogP contribution >= 0.6 is 11.6 Å². The predicted octanol–water partition coefficient (Wildman–Crippen LogP) is 3.33. The summed E-state index contributed by atoms with van der Waals surface area (Å²) in [5.41, 5.74) is 6.43. The standard InChI is InChI=1S/C14H20ClNO2/c1-14(2,16)12-10(15)6-7-11(17-3)13(12)18-8-9-4-5-9/h6-7,9H,4-5,8,16H2,1-3H3. The number of hydrogen-bond acceptors (Lipinski definition) is 3. The summed E-state index contributed by atoms with van der Waals surface area (Å²) in [7, 11) is 1.63. The van der Waals surface area contributed by atoms with E-state index in [9.17, 15) is 0 Å². The lowest BCUT2D eigenvalue weighted by atomic mass is 9.94. The van der Waals surface area contributed by atoms with Crippen molar-refractivity contribution in [1.82, 2.24) is 0 Å². The van der Waals surface area contributed by atoms with Crippen LogP contribution < -0.4 is 15.2 Å². The van der Waals surface area contributed by atoms with E-state index < -0.39 is 5.54 Å². The molecule has 0 bridgehead atoms. The van der Waals surface area contributed by atoms with Gasteiger partial charge in [0, 0.05) is 16.1 Å². The number of methoxy groups -OCH3 is 1. The Morgan fingerprint density at radius 1 is 1.39 bits per heavy atom. The van der Waals surface area contributed by atoms with Crippen LogP contribution in [-0.4, -0.2) is 13.7 Å². The molecule has 1 aliphatic carbocycles. The average Bonchev–Trinajstić information content (AvgIpc) is 3.08. The smallest absolute Gasteiger partial charge is 0.167 e. The van der Waals surface area contributed by atoms with Gasteiger partial charge < -0.3 is 15.2 Å². The molecule has 0 aliphatic heterocycles. The van der Waals surface area contributed by atoms with Crippen LogP contribution in [0.1, 0.15) is 32.3 Å². The molecule has 1 fully saturated rings. The average molecular weight is 270 g/mol. The maximum atomic E-state index is 6.26. The second-order valence-electron chi connectivity index (χ2n) is 5.43. The first-order valence-corrected chi connectivity index (χ1v) is 6.60. The lowest BCUT2D eigenvalue weighted by Gasteiger charge is -2.25. The molecule has 3 nitrogen and oxygen atoms in total. The molecule has 0 heterocycles. The normalized spacial score (nSPS) is 15.6. The van der Waals surface area contributed by atoms with Gasteiger partial charge in [0.25, 0.3) is 0 Å². The molecular formula is C14H20ClNO2. The Kier molecular flexibility index (Phi) is 3.74. The molecule has 0 aromatic heterocycles. The maximum absolute atomic E-state index is 6.26. The highest BCUT2D eigenvalue weighted by Gasteiger charge is 2.28. The third-order valence-corrected chi connectivity index (χ3v) is 3.41. The summed E-state index contributed by atoms with van der Waals surface area (Å²) < 4.78 is 11.3. The van der Waals surface area contributed by atoms with Gasteiger partial charge in [0.05, 0.1) is 13.7 Å². The Bertz CT molecular complexity index is 436. The van der Waals surface area contributed by atoms with Gasteiger partial charge in [-0.1, -0.05) is 11.6 Å². The molecule has 0 radical (unpaired) electrons. The Labute approximate surface area is 113 Å². The van der Waals surface area contributed by atoms with Crippen LogP contribution in [0.15, 0.2) is 12.1 Å². The summed E-state index contributed by atoms with van der Waals surface area (Å²) >= 11 is 6.26. The van der Waals surface area contributed by atoms with E-state index in [4.69, 9.17) is 26.8 Å². The second-order valence-corrected chi connectivity index (χ2v) is 5.84. The van der Waals surface area contributed by atoms with E-state index in [2.05, 4.69) is 0 Å². The van der Waals surface area contributed by atoms with Gasteiger partial charge in [0.15, 0.2) is 11.5 Å². The van der Waals surface area contributed by atoms with Crippen LogP contribution in [-0.2, 0) is 5.54 Å². The third kappa shape index (κ3) is 2.90. The van der Waals surface area contributed by atoms with E-state index in [-0.39, 0.29) is 0 Å². The van der Waals surface area contributed by atoms with Gasteiger partial charge in [0.2, 0.25) is 0 Å². The van der Waals surface area contributed by atoms with Gasteiger partial charge in [-0.2, -0.15) is 0 Å². The summed E-state index contributed by atoms with van der Waals surface area (Å²) in [6.07, 6.45) is 2.48. The molecular weight excluding hydrogens is 250 g/mol. The molecule has 2 rings (SSSR count).